The molecule has 0 bridgehead atoms. The number of aliphatic hydroxyl groups excluding tert-OH is 1. The topological polar surface area (TPSA) is 32.3 Å². The Kier molecular flexibility index (Phi) is 4.11. The van der Waals surface area contributed by atoms with Crippen molar-refractivity contribution in [1.29, 1.82) is 0 Å². The van der Waals surface area contributed by atoms with E-state index >= 15 is 0 Å². The highest BCUT2D eigenvalue weighted by Crippen LogP contribution is 2.44. The van der Waals surface area contributed by atoms with Crippen molar-refractivity contribution >= 4 is 5.69 Å². The molecule has 2 atom stereocenters. The van der Waals surface area contributed by atoms with Crippen LogP contribution in [0.3, 0.4) is 0 Å². The Morgan fingerprint density at radius 2 is 2.10 bits per heavy atom. The van der Waals surface area contributed by atoms with Gasteiger partial charge in [-0.25, -0.2) is 0 Å². The summed E-state index contributed by atoms with van der Waals surface area (Å²) < 4.78 is 0. The van der Waals surface area contributed by atoms with Gasteiger partial charge in [-0.2, -0.15) is 0 Å². The summed E-state index contributed by atoms with van der Waals surface area (Å²) in [5, 5.41) is 14.3. The third-order valence-corrected chi connectivity index (χ3v) is 4.76. The second-order valence-electron chi connectivity index (χ2n) is 6.14. The lowest BCUT2D eigenvalue weighted by Crippen LogP contribution is -2.26. The molecule has 2 N–H and O–H groups in total. The standard InChI is InChI=1S/C18H25NO/c1-2-3-4-8-13-9-7-11-15-17(13)19-16-12-6-5-10-14(16)18(15)20/h5-6,10,12-13,18-20H,2-4,7-9,11H2,1H3. The average Bonchev–Trinajstić information content (AvgIpc) is 2.48. The maximum atomic E-state index is 10.6. The lowest BCUT2D eigenvalue weighted by Gasteiger charge is -2.36. The van der Waals surface area contributed by atoms with E-state index in [0.717, 1.165) is 17.7 Å². The van der Waals surface area contributed by atoms with Crippen LogP contribution < -0.4 is 5.32 Å². The largest absolute Gasteiger partial charge is 0.384 e. The monoisotopic (exact) mass is 271 g/mol. The molecule has 1 aliphatic carbocycles. The second-order valence-corrected chi connectivity index (χ2v) is 6.14. The maximum Gasteiger partial charge on any atom is 0.104 e. The van der Waals surface area contributed by atoms with Crippen LogP contribution in [0.15, 0.2) is 35.5 Å². The minimum absolute atomic E-state index is 0.392. The molecule has 0 aromatic heterocycles. The van der Waals surface area contributed by atoms with E-state index in [1.807, 2.05) is 18.2 Å². The highest BCUT2D eigenvalue weighted by Gasteiger charge is 2.31. The first-order valence-corrected chi connectivity index (χ1v) is 8.08. The molecule has 2 unspecified atom stereocenters. The molecule has 2 nitrogen and oxygen atoms in total. The summed E-state index contributed by atoms with van der Waals surface area (Å²) in [4.78, 5) is 0. The van der Waals surface area contributed by atoms with Gasteiger partial charge in [0.05, 0.1) is 0 Å². The number of aliphatic hydroxyl groups is 1. The summed E-state index contributed by atoms with van der Waals surface area (Å²) in [7, 11) is 0. The number of anilines is 1. The van der Waals surface area contributed by atoms with Gasteiger partial charge in [0, 0.05) is 16.9 Å². The Morgan fingerprint density at radius 3 is 2.95 bits per heavy atom. The van der Waals surface area contributed by atoms with Crippen LogP contribution >= 0.6 is 0 Å². The average molecular weight is 271 g/mol. The van der Waals surface area contributed by atoms with Crippen molar-refractivity contribution in [3.05, 3.63) is 41.1 Å². The smallest absolute Gasteiger partial charge is 0.104 e. The van der Waals surface area contributed by atoms with E-state index in [1.54, 1.807) is 0 Å². The van der Waals surface area contributed by atoms with E-state index in [0.29, 0.717) is 5.92 Å². The third kappa shape index (κ3) is 2.49. The Morgan fingerprint density at radius 1 is 1.25 bits per heavy atom. The van der Waals surface area contributed by atoms with E-state index in [-0.39, 0.29) is 0 Å². The number of allylic oxidation sites excluding steroid dienone is 1. The van der Waals surface area contributed by atoms with Crippen LogP contribution in [0.5, 0.6) is 0 Å². The molecule has 0 saturated carbocycles. The van der Waals surface area contributed by atoms with Gasteiger partial charge in [0.2, 0.25) is 0 Å². The van der Waals surface area contributed by atoms with Gasteiger partial charge in [-0.15, -0.1) is 0 Å². The third-order valence-electron chi connectivity index (χ3n) is 4.76. The summed E-state index contributed by atoms with van der Waals surface area (Å²) in [6.45, 7) is 2.25. The molecule has 3 rings (SSSR count). The number of para-hydroxylation sites is 1. The molecule has 2 aliphatic rings. The second kappa shape index (κ2) is 6.01. The van der Waals surface area contributed by atoms with Crippen LogP contribution in [-0.4, -0.2) is 5.11 Å². The van der Waals surface area contributed by atoms with Gasteiger partial charge in [0.1, 0.15) is 6.10 Å². The molecule has 2 heteroatoms. The fourth-order valence-electron chi connectivity index (χ4n) is 3.66. The Bertz CT molecular complexity index is 506. The lowest BCUT2D eigenvalue weighted by molar-refractivity contribution is 0.201. The Hall–Kier alpha value is -1.28. The number of nitrogens with one attached hydrogen (secondary N) is 1. The zero-order valence-electron chi connectivity index (χ0n) is 12.4. The van der Waals surface area contributed by atoms with Gasteiger partial charge in [-0.05, 0) is 43.2 Å². The number of unbranched alkanes of at least 4 members (excludes halogenated alkanes) is 2. The number of rotatable bonds is 4. The van der Waals surface area contributed by atoms with E-state index in [2.05, 4.69) is 18.3 Å². The van der Waals surface area contributed by atoms with Crippen molar-refractivity contribution < 1.29 is 5.11 Å². The van der Waals surface area contributed by atoms with E-state index < -0.39 is 6.10 Å². The van der Waals surface area contributed by atoms with Crippen LogP contribution in [0.25, 0.3) is 0 Å². The van der Waals surface area contributed by atoms with Crippen LogP contribution in [0.2, 0.25) is 0 Å². The molecule has 0 amide bonds. The van der Waals surface area contributed by atoms with Gasteiger partial charge in [-0.3, -0.25) is 0 Å². The highest BCUT2D eigenvalue weighted by molar-refractivity contribution is 5.62. The predicted octanol–water partition coefficient (Wildman–Crippen LogP) is 4.78. The zero-order valence-corrected chi connectivity index (χ0v) is 12.4. The fraction of sp³-hybridized carbons (Fsp3) is 0.556. The summed E-state index contributed by atoms with van der Waals surface area (Å²) in [6.07, 6.45) is 8.29. The number of hydrogen-bond acceptors (Lipinski definition) is 2. The maximum absolute atomic E-state index is 10.6. The van der Waals surface area contributed by atoms with Crippen LogP contribution in [0.4, 0.5) is 5.69 Å². The highest BCUT2D eigenvalue weighted by atomic mass is 16.3. The summed E-state index contributed by atoms with van der Waals surface area (Å²) in [6, 6.07) is 8.17. The molecular formula is C18H25NO. The van der Waals surface area contributed by atoms with Gasteiger partial charge in [-0.1, -0.05) is 44.4 Å². The SMILES string of the molecule is CCCCCC1CCCC2=C1Nc1ccccc1C2O. The minimum Gasteiger partial charge on any atom is -0.384 e. The molecule has 0 radical (unpaired) electrons. The Labute approximate surface area is 121 Å². The molecule has 0 saturated heterocycles. The molecular weight excluding hydrogens is 246 g/mol. The molecule has 1 aromatic carbocycles. The van der Waals surface area contributed by atoms with Gasteiger partial charge in [0.15, 0.2) is 0 Å². The van der Waals surface area contributed by atoms with Crippen molar-refractivity contribution in [2.75, 3.05) is 5.32 Å². The lowest BCUT2D eigenvalue weighted by atomic mass is 9.78. The molecule has 108 valence electrons. The molecule has 0 spiro atoms. The normalized spacial score (nSPS) is 24.9. The van der Waals surface area contributed by atoms with Crippen LogP contribution in [0.1, 0.15) is 63.5 Å². The Balaban J connectivity index is 1.84. The van der Waals surface area contributed by atoms with Crippen molar-refractivity contribution in [3.63, 3.8) is 0 Å². The first-order chi connectivity index (χ1) is 9.81. The summed E-state index contributed by atoms with van der Waals surface area (Å²) >= 11 is 0. The number of fused-ring (bicyclic) bond motifs is 1. The van der Waals surface area contributed by atoms with Crippen LogP contribution in [-0.2, 0) is 0 Å². The van der Waals surface area contributed by atoms with Crippen molar-refractivity contribution in [3.8, 4) is 0 Å². The molecule has 1 heterocycles. The minimum atomic E-state index is -0.392. The fourth-order valence-corrected chi connectivity index (χ4v) is 3.66. The van der Waals surface area contributed by atoms with E-state index in [9.17, 15) is 5.11 Å². The van der Waals surface area contributed by atoms with Crippen molar-refractivity contribution in [2.45, 2.75) is 58.0 Å². The zero-order chi connectivity index (χ0) is 13.9. The predicted molar refractivity (Wildman–Crippen MR) is 83.5 cm³/mol. The molecule has 20 heavy (non-hydrogen) atoms. The molecule has 1 aliphatic heterocycles. The molecule has 0 fully saturated rings. The van der Waals surface area contributed by atoms with Gasteiger partial charge >= 0.3 is 0 Å². The quantitative estimate of drug-likeness (QED) is 0.772. The first-order valence-electron chi connectivity index (χ1n) is 8.08. The van der Waals surface area contributed by atoms with Gasteiger partial charge < -0.3 is 10.4 Å². The van der Waals surface area contributed by atoms with Crippen LogP contribution in [0, 0.1) is 5.92 Å². The van der Waals surface area contributed by atoms with Crippen molar-refractivity contribution in [1.82, 2.24) is 0 Å². The number of benzene rings is 1. The van der Waals surface area contributed by atoms with E-state index in [1.165, 1.54) is 49.8 Å². The van der Waals surface area contributed by atoms with Gasteiger partial charge in [0.25, 0.3) is 0 Å². The van der Waals surface area contributed by atoms with E-state index in [4.69, 9.17) is 0 Å². The summed E-state index contributed by atoms with van der Waals surface area (Å²) in [5.41, 5.74) is 4.72. The number of hydrogen-bond donors (Lipinski definition) is 2. The molecule has 1 aromatic rings. The summed E-state index contributed by atoms with van der Waals surface area (Å²) in [5.74, 6) is 0.619. The van der Waals surface area contributed by atoms with Crippen molar-refractivity contribution in [2.24, 2.45) is 5.92 Å². The first kappa shape index (κ1) is 13.7.